The van der Waals surface area contributed by atoms with Gasteiger partial charge >= 0.3 is 35.5 Å². The molecular formula is C64H78ClN4NaO15S12. The van der Waals surface area contributed by atoms with Gasteiger partial charge < -0.3 is 52.5 Å². The number of carbonyl (C=O) groups excluding carboxylic acids is 4. The van der Waals surface area contributed by atoms with Crippen LogP contribution in [-0.4, -0.2) is 156 Å². The zero-order valence-corrected chi connectivity index (χ0v) is 66.9. The number of nitriles is 2. The fourth-order valence-electron chi connectivity index (χ4n) is 5.72. The average Bonchev–Trinajstić information content (AvgIpc) is 0.932. The quantitative estimate of drug-likeness (QED) is 0.00368. The van der Waals surface area contributed by atoms with Crippen LogP contribution in [0.25, 0.3) is 0 Å². The Morgan fingerprint density at radius 2 is 1.02 bits per heavy atom. The number of hydrogen-bond donors (Lipinski definition) is 5. The second kappa shape index (κ2) is 60.1. The summed E-state index contributed by atoms with van der Waals surface area (Å²) in [7, 11) is 4.18. The zero-order chi connectivity index (χ0) is 72.7. The van der Waals surface area contributed by atoms with E-state index in [0.29, 0.717) is 45.8 Å². The van der Waals surface area contributed by atoms with Crippen molar-refractivity contribution >= 4 is 176 Å². The first-order valence-electron chi connectivity index (χ1n) is 28.3. The van der Waals surface area contributed by atoms with Gasteiger partial charge in [-0.2, -0.15) is 18.9 Å². The van der Waals surface area contributed by atoms with E-state index < -0.39 is 28.7 Å². The van der Waals surface area contributed by atoms with Crippen LogP contribution in [0, 0.1) is 36.5 Å². The van der Waals surface area contributed by atoms with E-state index in [1.807, 2.05) is 118 Å². The number of nitrogens with zero attached hydrogens (tertiary/aromatic N) is 4. The van der Waals surface area contributed by atoms with Gasteiger partial charge in [0.05, 0.1) is 70.0 Å². The molecule has 97 heavy (non-hydrogen) atoms. The molecule has 0 aliphatic heterocycles. The van der Waals surface area contributed by atoms with Crippen LogP contribution < -0.4 is 29.6 Å². The second-order valence-electron chi connectivity index (χ2n) is 18.6. The molecule has 0 saturated heterocycles. The smallest absolute Gasteiger partial charge is 0.742 e. The van der Waals surface area contributed by atoms with Gasteiger partial charge in [0.2, 0.25) is 0 Å². The van der Waals surface area contributed by atoms with Crippen molar-refractivity contribution in [2.45, 2.75) is 96.6 Å². The number of thiocarbonyl (C=S) groups is 2. The summed E-state index contributed by atoms with van der Waals surface area (Å²) in [6.45, 7) is 10.1. The van der Waals surface area contributed by atoms with Crippen LogP contribution in [0.15, 0.2) is 178 Å². The largest absolute Gasteiger partial charge is 1.00 e. The van der Waals surface area contributed by atoms with Crippen LogP contribution in [0.3, 0.4) is 0 Å². The topological polar surface area (TPSA) is 330 Å². The minimum absolute atomic E-state index is 0. The summed E-state index contributed by atoms with van der Waals surface area (Å²) >= 11 is 18.5. The van der Waals surface area contributed by atoms with Crippen molar-refractivity contribution in [1.29, 1.82) is 10.5 Å². The first kappa shape index (κ1) is 97.6. The van der Waals surface area contributed by atoms with Crippen molar-refractivity contribution in [2.75, 3.05) is 63.5 Å². The van der Waals surface area contributed by atoms with Gasteiger partial charge in [-0.05, 0) is 129 Å². The summed E-state index contributed by atoms with van der Waals surface area (Å²) in [5.41, 5.74) is 3.84. The van der Waals surface area contributed by atoms with Crippen LogP contribution in [-0.2, 0) is 59.9 Å². The fraction of sp³-hybridized carbons (Fsp3) is 0.344. The van der Waals surface area contributed by atoms with Crippen LogP contribution in [0.5, 0.6) is 0 Å². The van der Waals surface area contributed by atoms with E-state index in [9.17, 15) is 41.3 Å². The molecule has 2 heterocycles. The number of benzene rings is 4. The molecule has 4 aromatic carbocycles. The van der Waals surface area contributed by atoms with E-state index in [1.54, 1.807) is 86.8 Å². The summed E-state index contributed by atoms with van der Waals surface area (Å²) in [6.07, 6.45) is 5.82. The zero-order valence-electron chi connectivity index (χ0n) is 54.4. The number of pyridine rings is 2. The molecule has 19 nitrogen and oxygen atoms in total. The molecule has 6 aromatic rings. The maximum atomic E-state index is 12.0. The van der Waals surface area contributed by atoms with E-state index in [2.05, 4.69) is 38.9 Å². The van der Waals surface area contributed by atoms with Crippen molar-refractivity contribution < 1.29 is 100 Å². The number of carbonyl (C=O) groups is 4. The Morgan fingerprint density at radius 3 is 1.37 bits per heavy atom. The minimum atomic E-state index is -3.70. The minimum Gasteiger partial charge on any atom is -0.742 e. The molecule has 0 saturated carbocycles. The Kier molecular flexibility index (Phi) is 60.4. The van der Waals surface area contributed by atoms with Crippen molar-refractivity contribution in [2.24, 2.45) is 0 Å². The van der Waals surface area contributed by atoms with Crippen molar-refractivity contribution in [3.8, 4) is 12.1 Å². The van der Waals surface area contributed by atoms with E-state index >= 15 is 0 Å². The molecule has 5 N–H and O–H groups in total. The van der Waals surface area contributed by atoms with Crippen molar-refractivity contribution in [3.05, 3.63) is 180 Å². The van der Waals surface area contributed by atoms with Gasteiger partial charge in [0.15, 0.2) is 5.12 Å². The molecule has 0 bridgehead atoms. The molecule has 2 atom stereocenters. The Labute approximate surface area is 642 Å². The van der Waals surface area contributed by atoms with Gasteiger partial charge in [0.25, 0.3) is 19.2 Å². The molecule has 0 spiro atoms. The number of aliphatic hydroxyl groups excluding tert-OH is 5. The van der Waals surface area contributed by atoms with E-state index in [0.717, 1.165) is 56.1 Å². The summed E-state index contributed by atoms with van der Waals surface area (Å²) in [4.78, 5) is 50.3. The van der Waals surface area contributed by atoms with E-state index in [1.165, 1.54) is 61.6 Å². The van der Waals surface area contributed by atoms with Gasteiger partial charge in [0, 0.05) is 65.2 Å². The Bertz CT molecular complexity index is 3450. The van der Waals surface area contributed by atoms with Gasteiger partial charge in [0.1, 0.15) is 32.4 Å². The summed E-state index contributed by atoms with van der Waals surface area (Å²) < 4.78 is 53.9. The number of ether oxygens (including phenoxy) is 1. The first-order valence-corrected chi connectivity index (χ1v) is 40.5. The molecule has 33 heteroatoms. The number of esters is 1. The fourth-order valence-corrected chi connectivity index (χ4v) is 14.3. The number of thioether (sulfide) groups is 3. The third kappa shape index (κ3) is 53.9. The number of rotatable bonds is 27. The Balaban J connectivity index is -0.00000112. The summed E-state index contributed by atoms with van der Waals surface area (Å²) in [6, 6.07) is 47.9. The van der Waals surface area contributed by atoms with Gasteiger partial charge in [-0.3, -0.25) is 13.8 Å². The Morgan fingerprint density at radius 1 is 0.608 bits per heavy atom. The van der Waals surface area contributed by atoms with E-state index in [-0.39, 0.29) is 102 Å². The van der Waals surface area contributed by atoms with Gasteiger partial charge in [-0.1, -0.05) is 189 Å². The third-order valence-electron chi connectivity index (χ3n) is 10.3. The van der Waals surface area contributed by atoms with Crippen LogP contribution in [0.2, 0.25) is 0 Å². The number of aldehydes is 1. The summed E-state index contributed by atoms with van der Waals surface area (Å²) in [5, 5.41) is 60.8. The predicted octanol–water partition coefficient (Wildman–Crippen LogP) is 9.64. The van der Waals surface area contributed by atoms with Crippen LogP contribution >= 0.6 is 114 Å². The number of aryl methyl sites for hydroxylation is 2. The normalized spacial score (nSPS) is 11.3. The molecule has 0 amide bonds. The SMILES string of the molecule is CC(=O)SCCO.CC(=O)[S-].CC(C#N)(CCC(=O)OCCSSc1ccccn1)SC(=S)c1ccccc1.CC(C#N)(CCC=O)SC(=S)c1ccccc1.Cc1ccc(S(=O)(=O)Cl)cc1.Cc1ccc(S(=O)(=O)OCCO)cc1.OCCO.OCCSSc1ccccn1.[Na+]. The van der Waals surface area contributed by atoms with Crippen LogP contribution in [0.4, 0.5) is 0 Å². The molecule has 2 unspecified atom stereocenters. The Hall–Kier alpha value is -3.56. The summed E-state index contributed by atoms with van der Waals surface area (Å²) in [5.74, 6) is 1.66. The monoisotopic (exact) mass is 1580 g/mol. The number of aliphatic hydroxyl groups is 5. The number of halogens is 1. The predicted molar refractivity (Wildman–Crippen MR) is 405 cm³/mol. The molecule has 2 aromatic heterocycles. The van der Waals surface area contributed by atoms with E-state index in [4.69, 9.17) is 70.6 Å². The molecule has 0 aliphatic carbocycles. The average molecular weight is 1590 g/mol. The number of aromatic nitrogens is 2. The maximum absolute atomic E-state index is 12.0. The molecular weight excluding hydrogens is 1510 g/mol. The molecule has 524 valence electrons. The van der Waals surface area contributed by atoms with Gasteiger partial charge in [-0.25, -0.2) is 18.4 Å². The van der Waals surface area contributed by atoms with Crippen molar-refractivity contribution in [3.63, 3.8) is 0 Å². The standard InChI is InChI=1S/C20H20N2O2S4.C13H13NOS2.C9H12O4S.C7H7ClO2S.C7H9NOS2.C4H8O2S.C2H6O2.C2H4OS.Na/c1-20(15-21,27-19(25)16-7-3-2-4-8-16)11-10-18(23)24-13-14-26-28-17-9-5-6-12-22-17;1-13(10-14,8-5-9-15)17-12(16)11-6-3-2-4-7-11;1-8-2-4-9(5-3-8)14(11,12)13-7-6-10;1-6-2-4-7(5-3-6)11(8,9)10;9-5-6-10-11-7-3-1-2-4-8-7;1-4(6)7-3-2-5;3-1-2-4;1-2(3)4;/h2-9,12H,10-11,13-14H2,1H3;2-4,6-7,9H,5,8H2,1H3;2-5,10H,6-7H2,1H3;2-5H,1H3;1-4,9H,5-6H2;5H,2-3H2,1H3;3-4H,1-2H2;1H3,(H,3,4);/q;;;;;;;;+1/p-1. The molecule has 0 aliphatic rings. The first-order chi connectivity index (χ1) is 45.5. The van der Waals surface area contributed by atoms with Crippen molar-refractivity contribution in [1.82, 2.24) is 9.97 Å². The molecule has 6 rings (SSSR count). The molecule has 0 fully saturated rings. The number of hydrogen-bond acceptors (Lipinski definition) is 29. The maximum Gasteiger partial charge on any atom is 1.00 e. The van der Waals surface area contributed by atoms with Gasteiger partial charge in [-0.15, -0.1) is 0 Å². The second-order valence-corrected chi connectivity index (χ2v) is 33.8. The molecule has 0 radical (unpaired) electrons. The van der Waals surface area contributed by atoms with Crippen LogP contribution in [0.1, 0.15) is 75.6 Å². The third-order valence-corrected chi connectivity index (χ3v) is 21.5.